The Bertz CT molecular complexity index is 812. The number of hydrogen-bond acceptors (Lipinski definition) is 6. The van der Waals surface area contributed by atoms with Gasteiger partial charge in [0.05, 0.1) is 30.6 Å². The third kappa shape index (κ3) is 2.53. The van der Waals surface area contributed by atoms with Crippen molar-refractivity contribution in [3.63, 3.8) is 0 Å². The summed E-state index contributed by atoms with van der Waals surface area (Å²) in [6.45, 7) is 3.84. The van der Waals surface area contributed by atoms with Gasteiger partial charge in [-0.25, -0.2) is 4.98 Å². The molecule has 0 amide bonds. The maximum atomic E-state index is 10.3. The number of hydrogen-bond donors (Lipinski definition) is 1. The third-order valence-electron chi connectivity index (χ3n) is 4.12. The van der Waals surface area contributed by atoms with Crippen LogP contribution in [0.5, 0.6) is 5.75 Å². The Morgan fingerprint density at radius 2 is 2.30 bits per heavy atom. The van der Waals surface area contributed by atoms with Gasteiger partial charge in [-0.1, -0.05) is 0 Å². The fourth-order valence-electron chi connectivity index (χ4n) is 2.93. The molecule has 0 aromatic carbocycles. The van der Waals surface area contributed by atoms with E-state index in [2.05, 4.69) is 10.1 Å². The fraction of sp³-hybridized carbons (Fsp3) is 0.375. The Balaban J connectivity index is 1.53. The standard InChI is InChI=1S/C16H18N4O3/c1-2-20-8-11(7-18-20)23-15-10-19(9-13(15)21)16-12-4-6-22-14(12)3-5-17-16/h3-8,13,15,21H,2,9-10H2,1H3/t13-,15-/m1/s1. The summed E-state index contributed by atoms with van der Waals surface area (Å²) in [5.74, 6) is 1.48. The number of anilines is 1. The third-order valence-corrected chi connectivity index (χ3v) is 4.12. The molecule has 4 rings (SSSR count). The second-order valence-electron chi connectivity index (χ2n) is 5.63. The summed E-state index contributed by atoms with van der Waals surface area (Å²) >= 11 is 0. The molecular formula is C16H18N4O3. The molecule has 3 aromatic heterocycles. The molecule has 4 heterocycles. The summed E-state index contributed by atoms with van der Waals surface area (Å²) in [7, 11) is 0. The molecule has 1 aliphatic heterocycles. The molecule has 3 aromatic rings. The number of nitrogens with zero attached hydrogens (tertiary/aromatic N) is 4. The number of ether oxygens (including phenoxy) is 1. The Morgan fingerprint density at radius 1 is 1.39 bits per heavy atom. The summed E-state index contributed by atoms with van der Waals surface area (Å²) in [5.41, 5.74) is 0.790. The van der Waals surface area contributed by atoms with Crippen LogP contribution in [0.1, 0.15) is 6.92 Å². The SMILES string of the molecule is CCn1cc(O[C@@H]2CN(c3nccc4occc34)C[C@H]2O)cn1. The molecule has 0 spiro atoms. The van der Waals surface area contributed by atoms with Crippen molar-refractivity contribution in [1.29, 1.82) is 0 Å². The first-order valence-electron chi connectivity index (χ1n) is 7.69. The Morgan fingerprint density at radius 3 is 3.13 bits per heavy atom. The molecule has 7 nitrogen and oxygen atoms in total. The van der Waals surface area contributed by atoms with Gasteiger partial charge in [-0.05, 0) is 19.1 Å². The largest absolute Gasteiger partial charge is 0.482 e. The second kappa shape index (κ2) is 5.58. The van der Waals surface area contributed by atoms with Crippen LogP contribution >= 0.6 is 0 Å². The van der Waals surface area contributed by atoms with Gasteiger partial charge in [0, 0.05) is 19.3 Å². The second-order valence-corrected chi connectivity index (χ2v) is 5.63. The molecule has 0 radical (unpaired) electrons. The fourth-order valence-corrected chi connectivity index (χ4v) is 2.93. The van der Waals surface area contributed by atoms with Gasteiger partial charge in [-0.3, -0.25) is 4.68 Å². The minimum Gasteiger partial charge on any atom is -0.482 e. The first-order chi connectivity index (χ1) is 11.2. The highest BCUT2D eigenvalue weighted by Gasteiger charge is 2.34. The van der Waals surface area contributed by atoms with E-state index in [1.807, 2.05) is 30.2 Å². The van der Waals surface area contributed by atoms with Gasteiger partial charge in [0.25, 0.3) is 0 Å². The summed E-state index contributed by atoms with van der Waals surface area (Å²) in [6.07, 6.45) is 5.98. The highest BCUT2D eigenvalue weighted by molar-refractivity contribution is 5.88. The highest BCUT2D eigenvalue weighted by Crippen LogP contribution is 2.29. The Labute approximate surface area is 133 Å². The van der Waals surface area contributed by atoms with Crippen LogP contribution in [0.2, 0.25) is 0 Å². The number of fused-ring (bicyclic) bond motifs is 1. The number of pyridine rings is 1. The molecule has 1 N–H and O–H groups in total. The van der Waals surface area contributed by atoms with Crippen molar-refractivity contribution >= 4 is 16.8 Å². The predicted molar refractivity (Wildman–Crippen MR) is 84.5 cm³/mol. The predicted octanol–water partition coefficient (Wildman–Crippen LogP) is 1.67. The molecule has 1 fully saturated rings. The number of aromatic nitrogens is 3. The van der Waals surface area contributed by atoms with Crippen molar-refractivity contribution in [2.24, 2.45) is 0 Å². The number of aliphatic hydroxyl groups excluding tert-OH is 1. The van der Waals surface area contributed by atoms with E-state index in [9.17, 15) is 5.11 Å². The minimum atomic E-state index is -0.580. The van der Waals surface area contributed by atoms with Crippen molar-refractivity contribution in [2.75, 3.05) is 18.0 Å². The maximum absolute atomic E-state index is 10.3. The zero-order valence-electron chi connectivity index (χ0n) is 12.8. The van der Waals surface area contributed by atoms with Crippen molar-refractivity contribution in [2.45, 2.75) is 25.7 Å². The van der Waals surface area contributed by atoms with Crippen LogP contribution in [0, 0.1) is 0 Å². The molecule has 0 bridgehead atoms. The zero-order chi connectivity index (χ0) is 15.8. The van der Waals surface area contributed by atoms with Gasteiger partial charge >= 0.3 is 0 Å². The molecule has 7 heteroatoms. The van der Waals surface area contributed by atoms with Crippen molar-refractivity contribution in [1.82, 2.24) is 14.8 Å². The van der Waals surface area contributed by atoms with E-state index >= 15 is 0 Å². The average molecular weight is 314 g/mol. The van der Waals surface area contributed by atoms with Crippen LogP contribution in [0.15, 0.2) is 41.4 Å². The average Bonchev–Trinajstić information content (AvgIpc) is 3.27. The van der Waals surface area contributed by atoms with Gasteiger partial charge in [-0.15, -0.1) is 0 Å². The van der Waals surface area contributed by atoms with E-state index in [4.69, 9.17) is 9.15 Å². The van der Waals surface area contributed by atoms with Gasteiger partial charge in [0.1, 0.15) is 23.6 Å². The van der Waals surface area contributed by atoms with Gasteiger partial charge < -0.3 is 19.2 Å². The quantitative estimate of drug-likeness (QED) is 0.789. The maximum Gasteiger partial charge on any atom is 0.157 e. The summed E-state index contributed by atoms with van der Waals surface area (Å²) < 4.78 is 13.1. The van der Waals surface area contributed by atoms with Crippen LogP contribution < -0.4 is 9.64 Å². The Kier molecular flexibility index (Phi) is 3.42. The highest BCUT2D eigenvalue weighted by atomic mass is 16.5. The van der Waals surface area contributed by atoms with E-state index in [-0.39, 0.29) is 6.10 Å². The van der Waals surface area contributed by atoms with Crippen LogP contribution in [-0.4, -0.2) is 45.2 Å². The van der Waals surface area contributed by atoms with Crippen molar-refractivity contribution in [3.8, 4) is 5.75 Å². The minimum absolute atomic E-state index is 0.312. The van der Waals surface area contributed by atoms with Crippen LogP contribution in [0.25, 0.3) is 11.0 Å². The number of aliphatic hydroxyl groups is 1. The number of rotatable bonds is 4. The first kappa shape index (κ1) is 14.1. The number of furan rings is 1. The zero-order valence-corrected chi connectivity index (χ0v) is 12.8. The number of β-amino-alcohol motifs (C(OH)–C–C–N with tert-alkyl or cyclic N) is 1. The molecule has 2 atom stereocenters. The number of aryl methyl sites for hydroxylation is 1. The van der Waals surface area contributed by atoms with E-state index in [1.165, 1.54) is 0 Å². The molecule has 0 aliphatic carbocycles. The topological polar surface area (TPSA) is 76.5 Å². The lowest BCUT2D eigenvalue weighted by Gasteiger charge is -2.17. The summed E-state index contributed by atoms with van der Waals surface area (Å²) in [4.78, 5) is 6.46. The molecule has 120 valence electrons. The van der Waals surface area contributed by atoms with Gasteiger partial charge in [-0.2, -0.15) is 5.10 Å². The molecule has 0 unspecified atom stereocenters. The normalized spacial score (nSPS) is 21.2. The van der Waals surface area contributed by atoms with Gasteiger partial charge in [0.2, 0.25) is 0 Å². The molecule has 0 saturated carbocycles. The van der Waals surface area contributed by atoms with Gasteiger partial charge in [0.15, 0.2) is 5.75 Å². The van der Waals surface area contributed by atoms with Crippen LogP contribution in [-0.2, 0) is 6.54 Å². The summed E-state index contributed by atoms with van der Waals surface area (Å²) in [6, 6.07) is 3.72. The molecule has 1 aliphatic rings. The molecule has 23 heavy (non-hydrogen) atoms. The van der Waals surface area contributed by atoms with E-state index < -0.39 is 6.10 Å². The van der Waals surface area contributed by atoms with Crippen molar-refractivity contribution in [3.05, 3.63) is 37.0 Å². The van der Waals surface area contributed by atoms with E-state index in [0.717, 1.165) is 23.3 Å². The smallest absolute Gasteiger partial charge is 0.157 e. The monoisotopic (exact) mass is 314 g/mol. The molecule has 1 saturated heterocycles. The Hall–Kier alpha value is -2.54. The van der Waals surface area contributed by atoms with Crippen LogP contribution in [0.3, 0.4) is 0 Å². The lowest BCUT2D eigenvalue weighted by molar-refractivity contribution is 0.0737. The van der Waals surface area contributed by atoms with E-state index in [0.29, 0.717) is 18.8 Å². The molecular weight excluding hydrogens is 296 g/mol. The van der Waals surface area contributed by atoms with E-state index in [1.54, 1.807) is 23.3 Å². The lowest BCUT2D eigenvalue weighted by atomic mass is 10.2. The first-order valence-corrected chi connectivity index (χ1v) is 7.69. The van der Waals surface area contributed by atoms with Crippen molar-refractivity contribution < 1.29 is 14.3 Å². The van der Waals surface area contributed by atoms with Crippen LogP contribution in [0.4, 0.5) is 5.82 Å². The lowest BCUT2D eigenvalue weighted by Crippen LogP contribution is -2.29. The summed E-state index contributed by atoms with van der Waals surface area (Å²) in [5, 5.41) is 15.5.